The van der Waals surface area contributed by atoms with Crippen LogP contribution in [0.5, 0.6) is 0 Å². The van der Waals surface area contributed by atoms with E-state index in [1.807, 2.05) is 0 Å². The van der Waals surface area contributed by atoms with Crippen LogP contribution >= 0.6 is 0 Å². The zero-order chi connectivity index (χ0) is 16.2. The van der Waals surface area contributed by atoms with Crippen molar-refractivity contribution in [2.75, 3.05) is 33.9 Å². The summed E-state index contributed by atoms with van der Waals surface area (Å²) in [6, 6.07) is 5.61. The molecule has 1 atom stereocenters. The molecule has 0 unspecified atom stereocenters. The van der Waals surface area contributed by atoms with Gasteiger partial charge in [-0.15, -0.1) is 0 Å². The maximum atomic E-state index is 11.6. The summed E-state index contributed by atoms with van der Waals surface area (Å²) in [4.78, 5) is 15.8. The van der Waals surface area contributed by atoms with Gasteiger partial charge < -0.3 is 14.2 Å². The number of carbonyl (C=O) groups excluding carboxylic acids is 1. The number of aromatic nitrogens is 1. The lowest BCUT2D eigenvalue weighted by Crippen LogP contribution is -2.42. The van der Waals surface area contributed by atoms with Gasteiger partial charge in [-0.3, -0.25) is 9.69 Å². The number of rotatable bonds is 6. The van der Waals surface area contributed by atoms with Crippen LogP contribution in [0, 0.1) is 0 Å². The first-order valence-electron chi connectivity index (χ1n) is 8.83. The van der Waals surface area contributed by atoms with Crippen molar-refractivity contribution in [2.45, 2.75) is 50.7 Å². The molecule has 0 saturated heterocycles. The average Bonchev–Trinajstić information content (AvgIpc) is 3.21. The Kier molecular flexibility index (Phi) is 5.38. The normalized spacial score (nSPS) is 22.3. The fourth-order valence-electron chi connectivity index (χ4n) is 3.84. The van der Waals surface area contributed by atoms with Gasteiger partial charge >= 0.3 is 0 Å². The number of amides is 1. The molecule has 1 aliphatic carbocycles. The van der Waals surface area contributed by atoms with Crippen molar-refractivity contribution < 1.29 is 9.53 Å². The van der Waals surface area contributed by atoms with Crippen molar-refractivity contribution in [3.8, 4) is 0 Å². The van der Waals surface area contributed by atoms with Crippen molar-refractivity contribution >= 4 is 5.91 Å². The predicted molar refractivity (Wildman–Crippen MR) is 90.3 cm³/mol. The third-order valence-corrected chi connectivity index (χ3v) is 5.23. The molecule has 3 rings (SSSR count). The molecule has 0 radical (unpaired) electrons. The van der Waals surface area contributed by atoms with Gasteiger partial charge in [0.1, 0.15) is 6.61 Å². The first kappa shape index (κ1) is 16.5. The Balaban J connectivity index is 1.54. The third-order valence-electron chi connectivity index (χ3n) is 5.23. The molecule has 1 aromatic heterocycles. The summed E-state index contributed by atoms with van der Waals surface area (Å²) in [5.41, 5.74) is 1.41. The summed E-state index contributed by atoms with van der Waals surface area (Å²) < 4.78 is 7.99. The van der Waals surface area contributed by atoms with E-state index in [0.29, 0.717) is 12.6 Å². The lowest BCUT2D eigenvalue weighted by Gasteiger charge is -2.38. The van der Waals surface area contributed by atoms with E-state index >= 15 is 0 Å². The van der Waals surface area contributed by atoms with Gasteiger partial charge in [0.15, 0.2) is 0 Å². The van der Waals surface area contributed by atoms with Crippen LogP contribution < -0.4 is 0 Å². The fraction of sp³-hybridized carbons (Fsp3) is 0.722. The molecule has 0 aromatic carbocycles. The van der Waals surface area contributed by atoms with E-state index in [4.69, 9.17) is 4.74 Å². The Morgan fingerprint density at radius 1 is 1.35 bits per heavy atom. The molecular formula is C18H29N3O2. The molecule has 0 N–H and O–H groups in total. The van der Waals surface area contributed by atoms with Crippen LogP contribution in [0.2, 0.25) is 0 Å². The summed E-state index contributed by atoms with van der Waals surface area (Å²) in [5.74, 6) is 0.0304. The van der Waals surface area contributed by atoms with Crippen LogP contribution in [0.3, 0.4) is 0 Å². The van der Waals surface area contributed by atoms with E-state index in [1.54, 1.807) is 19.0 Å². The molecule has 5 heteroatoms. The molecule has 2 heterocycles. The van der Waals surface area contributed by atoms with Crippen LogP contribution in [0.25, 0.3) is 0 Å². The number of hydrogen-bond donors (Lipinski definition) is 0. The minimum absolute atomic E-state index is 0.0304. The first-order valence-corrected chi connectivity index (χ1v) is 8.83. The second kappa shape index (κ2) is 7.49. The highest BCUT2D eigenvalue weighted by Crippen LogP contribution is 2.31. The second-order valence-corrected chi connectivity index (χ2v) is 7.06. The van der Waals surface area contributed by atoms with Gasteiger partial charge in [0.25, 0.3) is 0 Å². The van der Waals surface area contributed by atoms with E-state index in [1.165, 1.54) is 31.4 Å². The Labute approximate surface area is 139 Å². The monoisotopic (exact) mass is 319 g/mol. The minimum atomic E-state index is 0.0304. The largest absolute Gasteiger partial charge is 0.372 e. The lowest BCUT2D eigenvalue weighted by molar-refractivity contribution is -0.133. The molecule has 1 amide bonds. The maximum Gasteiger partial charge on any atom is 0.248 e. The molecule has 5 nitrogen and oxygen atoms in total. The van der Waals surface area contributed by atoms with Gasteiger partial charge in [-0.2, -0.15) is 0 Å². The number of nitrogens with zero attached hydrogens (tertiary/aromatic N) is 3. The maximum absolute atomic E-state index is 11.6. The van der Waals surface area contributed by atoms with E-state index in [2.05, 4.69) is 27.8 Å². The van der Waals surface area contributed by atoms with Crippen molar-refractivity contribution in [1.29, 1.82) is 0 Å². The van der Waals surface area contributed by atoms with Gasteiger partial charge in [-0.05, 0) is 31.4 Å². The Hall–Kier alpha value is -1.33. The Morgan fingerprint density at radius 3 is 2.87 bits per heavy atom. The van der Waals surface area contributed by atoms with Gasteiger partial charge in [0.05, 0.1) is 0 Å². The number of hydrogen-bond acceptors (Lipinski definition) is 3. The molecule has 128 valence electrons. The van der Waals surface area contributed by atoms with E-state index in [-0.39, 0.29) is 12.5 Å². The number of carbonyl (C=O) groups is 1. The zero-order valence-electron chi connectivity index (χ0n) is 14.4. The summed E-state index contributed by atoms with van der Waals surface area (Å²) >= 11 is 0. The SMILES string of the molecule is CN(C)C(=O)COCC[C@@H]1CN(C2CCCC2)Cc2cccn21. The Bertz CT molecular complexity index is 520. The van der Waals surface area contributed by atoms with Gasteiger partial charge in [-0.1, -0.05) is 12.8 Å². The minimum Gasteiger partial charge on any atom is -0.372 e. The predicted octanol–water partition coefficient (Wildman–Crippen LogP) is 2.28. The Morgan fingerprint density at radius 2 is 2.13 bits per heavy atom. The third kappa shape index (κ3) is 3.96. The van der Waals surface area contributed by atoms with Crippen LogP contribution in [-0.4, -0.2) is 60.2 Å². The number of fused-ring (bicyclic) bond motifs is 1. The van der Waals surface area contributed by atoms with Crippen LogP contribution in [-0.2, 0) is 16.1 Å². The molecule has 2 aliphatic rings. The lowest BCUT2D eigenvalue weighted by atomic mass is 10.1. The van der Waals surface area contributed by atoms with Crippen LogP contribution in [0.15, 0.2) is 18.3 Å². The molecule has 1 saturated carbocycles. The number of likely N-dealkylation sites (N-methyl/N-ethyl adjacent to an activating group) is 1. The molecule has 0 spiro atoms. The topological polar surface area (TPSA) is 37.7 Å². The highest BCUT2D eigenvalue weighted by Gasteiger charge is 2.30. The van der Waals surface area contributed by atoms with Gasteiger partial charge in [0.2, 0.25) is 5.91 Å². The highest BCUT2D eigenvalue weighted by molar-refractivity contribution is 5.76. The zero-order valence-corrected chi connectivity index (χ0v) is 14.4. The molecule has 1 fully saturated rings. The standard InChI is InChI=1S/C18H29N3O2/c1-19(2)18(22)14-23-11-9-17-13-20(15-6-3-4-7-15)12-16-8-5-10-21(16)17/h5,8,10,15,17H,3-4,6-7,9,11-14H2,1-2H3/t17-/m1/s1. The van der Waals surface area contributed by atoms with Crippen molar-refractivity contribution in [3.05, 3.63) is 24.0 Å². The summed E-state index contributed by atoms with van der Waals surface area (Å²) in [6.07, 6.45) is 8.61. The average molecular weight is 319 g/mol. The quantitative estimate of drug-likeness (QED) is 0.755. The summed E-state index contributed by atoms with van der Waals surface area (Å²) in [6.45, 7) is 3.01. The molecule has 1 aliphatic heterocycles. The van der Waals surface area contributed by atoms with E-state index in [9.17, 15) is 4.79 Å². The second-order valence-electron chi connectivity index (χ2n) is 7.06. The molecular weight excluding hydrogens is 290 g/mol. The summed E-state index contributed by atoms with van der Waals surface area (Å²) in [7, 11) is 3.52. The molecule has 0 bridgehead atoms. The van der Waals surface area contributed by atoms with Crippen molar-refractivity contribution in [1.82, 2.24) is 14.4 Å². The summed E-state index contributed by atoms with van der Waals surface area (Å²) in [5, 5.41) is 0. The molecule has 23 heavy (non-hydrogen) atoms. The van der Waals surface area contributed by atoms with E-state index in [0.717, 1.165) is 25.6 Å². The smallest absolute Gasteiger partial charge is 0.248 e. The van der Waals surface area contributed by atoms with Crippen molar-refractivity contribution in [2.24, 2.45) is 0 Å². The fourth-order valence-corrected chi connectivity index (χ4v) is 3.84. The van der Waals surface area contributed by atoms with Crippen LogP contribution in [0.1, 0.15) is 43.8 Å². The highest BCUT2D eigenvalue weighted by atomic mass is 16.5. The molecule has 1 aromatic rings. The van der Waals surface area contributed by atoms with Gasteiger partial charge in [0, 0.05) is 57.8 Å². The van der Waals surface area contributed by atoms with Crippen molar-refractivity contribution in [3.63, 3.8) is 0 Å². The number of ether oxygens (including phenoxy) is 1. The van der Waals surface area contributed by atoms with Gasteiger partial charge in [-0.25, -0.2) is 0 Å². The van der Waals surface area contributed by atoms with Crippen LogP contribution in [0.4, 0.5) is 0 Å². The first-order chi connectivity index (χ1) is 11.1. The van der Waals surface area contributed by atoms with E-state index < -0.39 is 0 Å².